The van der Waals surface area contributed by atoms with E-state index in [4.69, 9.17) is 11.6 Å². The molecule has 2 rings (SSSR count). The van der Waals surface area contributed by atoms with Gasteiger partial charge in [0, 0.05) is 16.1 Å². The molecule has 2 aromatic rings. The fourth-order valence-corrected chi connectivity index (χ4v) is 2.31. The van der Waals surface area contributed by atoms with Crippen molar-refractivity contribution in [2.24, 2.45) is 0 Å². The molecule has 0 spiro atoms. The highest BCUT2D eigenvalue weighted by molar-refractivity contribution is 9.10. The van der Waals surface area contributed by atoms with E-state index in [1.807, 2.05) is 24.3 Å². The topological polar surface area (TPSA) is 0 Å². The van der Waals surface area contributed by atoms with Crippen molar-refractivity contribution in [2.75, 3.05) is 0 Å². The molecule has 0 aliphatic heterocycles. The van der Waals surface area contributed by atoms with Gasteiger partial charge in [-0.3, -0.25) is 0 Å². The number of hydrogen-bond acceptors (Lipinski definition) is 0. The van der Waals surface area contributed by atoms with Gasteiger partial charge in [0.25, 0.3) is 0 Å². The highest BCUT2D eigenvalue weighted by atomic mass is 79.9. The van der Waals surface area contributed by atoms with Gasteiger partial charge in [-0.2, -0.15) is 0 Å². The molecule has 0 saturated carbocycles. The molecule has 18 heavy (non-hydrogen) atoms. The zero-order valence-corrected chi connectivity index (χ0v) is 11.7. The van der Waals surface area contributed by atoms with Gasteiger partial charge >= 0.3 is 0 Å². The van der Waals surface area contributed by atoms with Gasteiger partial charge in [-0.1, -0.05) is 34.1 Å². The fourth-order valence-electron chi connectivity index (χ4n) is 1.69. The Balaban J connectivity index is 2.16. The molecule has 0 aliphatic rings. The number of hydrogen-bond donors (Lipinski definition) is 0. The third-order valence-electron chi connectivity index (χ3n) is 2.63. The summed E-state index contributed by atoms with van der Waals surface area (Å²) < 4.78 is 27.3. The van der Waals surface area contributed by atoms with Crippen LogP contribution in [0.2, 0.25) is 0 Å². The molecule has 2 aromatic carbocycles. The Bertz CT molecular complexity index is 540. The van der Waals surface area contributed by atoms with Gasteiger partial charge in [-0.05, 0) is 30.2 Å². The standard InChI is InChI=1S/C14H10BrClF2/c15-10-3-1-9(2-4-10)7-13(16)12-6-5-11(17)8-14(12)18/h1-6,8,13H,7H2. The lowest BCUT2D eigenvalue weighted by atomic mass is 10.0. The van der Waals surface area contributed by atoms with Crippen LogP contribution in [0.25, 0.3) is 0 Å². The lowest BCUT2D eigenvalue weighted by molar-refractivity contribution is 0.570. The minimum Gasteiger partial charge on any atom is -0.207 e. The second-order valence-electron chi connectivity index (χ2n) is 3.96. The molecule has 1 unspecified atom stereocenters. The Morgan fingerprint density at radius 2 is 1.72 bits per heavy atom. The van der Waals surface area contributed by atoms with Crippen molar-refractivity contribution in [3.05, 3.63) is 69.7 Å². The summed E-state index contributed by atoms with van der Waals surface area (Å²) in [6.07, 6.45) is 0.497. The second-order valence-corrected chi connectivity index (χ2v) is 5.41. The number of rotatable bonds is 3. The minimum atomic E-state index is -0.605. The molecule has 4 heteroatoms. The Hall–Kier alpha value is -0.930. The molecule has 0 saturated heterocycles. The van der Waals surface area contributed by atoms with Gasteiger partial charge in [-0.15, -0.1) is 11.6 Å². The summed E-state index contributed by atoms with van der Waals surface area (Å²) in [5, 5.41) is -0.508. The highest BCUT2D eigenvalue weighted by Gasteiger charge is 2.14. The molecule has 0 nitrogen and oxygen atoms in total. The normalized spacial score (nSPS) is 12.4. The first-order chi connectivity index (χ1) is 8.56. The first-order valence-electron chi connectivity index (χ1n) is 5.40. The van der Waals surface area contributed by atoms with Crippen molar-refractivity contribution in [2.45, 2.75) is 11.8 Å². The van der Waals surface area contributed by atoms with Gasteiger partial charge in [0.1, 0.15) is 11.6 Å². The first-order valence-corrected chi connectivity index (χ1v) is 6.62. The van der Waals surface area contributed by atoms with Crippen LogP contribution >= 0.6 is 27.5 Å². The molecule has 0 radical (unpaired) electrons. The number of alkyl halides is 1. The van der Waals surface area contributed by atoms with E-state index in [-0.39, 0.29) is 0 Å². The molecular weight excluding hydrogens is 322 g/mol. The van der Waals surface area contributed by atoms with E-state index in [0.717, 1.165) is 16.1 Å². The van der Waals surface area contributed by atoms with Crippen LogP contribution in [-0.2, 0) is 6.42 Å². The van der Waals surface area contributed by atoms with Crippen LogP contribution < -0.4 is 0 Å². The Labute approximate surface area is 118 Å². The lowest BCUT2D eigenvalue weighted by Crippen LogP contribution is -1.99. The molecule has 0 amide bonds. The second kappa shape index (κ2) is 5.81. The van der Waals surface area contributed by atoms with E-state index in [1.165, 1.54) is 12.1 Å². The zero-order valence-electron chi connectivity index (χ0n) is 9.34. The van der Waals surface area contributed by atoms with Crippen molar-refractivity contribution < 1.29 is 8.78 Å². The summed E-state index contributed by atoms with van der Waals surface area (Å²) >= 11 is 9.51. The van der Waals surface area contributed by atoms with Gasteiger partial charge in [-0.25, -0.2) is 8.78 Å². The molecule has 0 fully saturated rings. The maximum Gasteiger partial charge on any atom is 0.130 e. The SMILES string of the molecule is Fc1ccc(C(Cl)Cc2ccc(Br)cc2)c(F)c1. The van der Waals surface area contributed by atoms with Crippen molar-refractivity contribution in [3.63, 3.8) is 0 Å². The third-order valence-corrected chi connectivity index (χ3v) is 3.55. The average molecular weight is 332 g/mol. The summed E-state index contributed by atoms with van der Waals surface area (Å²) in [7, 11) is 0. The minimum absolute atomic E-state index is 0.320. The summed E-state index contributed by atoms with van der Waals surface area (Å²) in [4.78, 5) is 0. The molecule has 0 aliphatic carbocycles. The van der Waals surface area contributed by atoms with Gasteiger partial charge in [0.15, 0.2) is 0 Å². The summed E-state index contributed by atoms with van der Waals surface area (Å²) in [6, 6.07) is 11.1. The Morgan fingerprint density at radius 3 is 2.33 bits per heavy atom. The van der Waals surface area contributed by atoms with Crippen molar-refractivity contribution in [1.29, 1.82) is 0 Å². The van der Waals surface area contributed by atoms with Crippen LogP contribution in [0, 0.1) is 11.6 Å². The van der Waals surface area contributed by atoms with Crippen LogP contribution in [0.4, 0.5) is 8.78 Å². The van der Waals surface area contributed by atoms with Crippen molar-refractivity contribution in [3.8, 4) is 0 Å². The predicted molar refractivity (Wildman–Crippen MR) is 72.8 cm³/mol. The highest BCUT2D eigenvalue weighted by Crippen LogP contribution is 2.28. The molecule has 1 atom stereocenters. The van der Waals surface area contributed by atoms with E-state index in [0.29, 0.717) is 12.0 Å². The van der Waals surface area contributed by atoms with Crippen LogP contribution in [0.1, 0.15) is 16.5 Å². The zero-order chi connectivity index (χ0) is 13.1. The molecule has 0 bridgehead atoms. The van der Waals surface area contributed by atoms with Crippen molar-refractivity contribution >= 4 is 27.5 Å². The Kier molecular flexibility index (Phi) is 4.36. The monoisotopic (exact) mass is 330 g/mol. The summed E-state index contributed by atoms with van der Waals surface area (Å²) in [5.74, 6) is -1.20. The third kappa shape index (κ3) is 3.30. The van der Waals surface area contributed by atoms with E-state index >= 15 is 0 Å². The molecule has 0 heterocycles. The lowest BCUT2D eigenvalue weighted by Gasteiger charge is -2.11. The van der Waals surface area contributed by atoms with Crippen molar-refractivity contribution in [1.82, 2.24) is 0 Å². The van der Waals surface area contributed by atoms with Gasteiger partial charge in [0.05, 0.1) is 5.38 Å². The van der Waals surface area contributed by atoms with E-state index in [1.54, 1.807) is 0 Å². The molecule has 0 aromatic heterocycles. The van der Waals surface area contributed by atoms with Gasteiger partial charge in [0.2, 0.25) is 0 Å². The van der Waals surface area contributed by atoms with E-state index in [2.05, 4.69) is 15.9 Å². The molecule has 94 valence electrons. The maximum atomic E-state index is 13.5. The van der Waals surface area contributed by atoms with Crippen LogP contribution in [0.5, 0.6) is 0 Å². The summed E-state index contributed by atoms with van der Waals surface area (Å²) in [5.41, 5.74) is 1.32. The molecule has 0 N–H and O–H groups in total. The average Bonchev–Trinajstić information content (AvgIpc) is 2.32. The quantitative estimate of drug-likeness (QED) is 0.674. The maximum absolute atomic E-state index is 13.5. The smallest absolute Gasteiger partial charge is 0.130 e. The Morgan fingerprint density at radius 1 is 1.06 bits per heavy atom. The fraction of sp³-hybridized carbons (Fsp3) is 0.143. The largest absolute Gasteiger partial charge is 0.207 e. The van der Waals surface area contributed by atoms with Gasteiger partial charge < -0.3 is 0 Å². The van der Waals surface area contributed by atoms with Crippen LogP contribution in [0.3, 0.4) is 0 Å². The number of halogens is 4. The van der Waals surface area contributed by atoms with Crippen LogP contribution in [-0.4, -0.2) is 0 Å². The van der Waals surface area contributed by atoms with E-state index in [9.17, 15) is 8.78 Å². The van der Waals surface area contributed by atoms with Crippen LogP contribution in [0.15, 0.2) is 46.9 Å². The summed E-state index contributed by atoms with van der Waals surface area (Å²) in [6.45, 7) is 0. The molecular formula is C14H10BrClF2. The predicted octanol–water partition coefficient (Wildman–Crippen LogP) is 5.25. The van der Waals surface area contributed by atoms with E-state index < -0.39 is 17.0 Å². The first kappa shape index (κ1) is 13.5. The number of benzene rings is 2.